The van der Waals surface area contributed by atoms with Crippen LogP contribution in [-0.4, -0.2) is 58.5 Å². The molecule has 0 aromatic carbocycles. The van der Waals surface area contributed by atoms with Gasteiger partial charge >= 0.3 is 0 Å². The van der Waals surface area contributed by atoms with Crippen molar-refractivity contribution in [3.05, 3.63) is 0 Å². The fraction of sp³-hybridized carbons (Fsp3) is 1.00. The van der Waals surface area contributed by atoms with Crippen LogP contribution in [0.25, 0.3) is 0 Å². The van der Waals surface area contributed by atoms with Crippen LogP contribution in [0.5, 0.6) is 0 Å². The number of rotatable bonds is 6. The average molecular weight is 305 g/mol. The number of ether oxygens (including phenoxy) is 2. The highest BCUT2D eigenvalue weighted by Gasteiger charge is 2.49. The lowest BCUT2D eigenvalue weighted by atomic mass is 9.72. The summed E-state index contributed by atoms with van der Waals surface area (Å²) in [6, 6.07) is 0. The second kappa shape index (κ2) is 6.73. The molecular weight excluding hydrogens is 278 g/mol. The molecule has 0 saturated carbocycles. The summed E-state index contributed by atoms with van der Waals surface area (Å²) in [5.41, 5.74) is 0.0630. The molecule has 2 rings (SSSR count). The zero-order valence-corrected chi connectivity index (χ0v) is 13.5. The Morgan fingerprint density at radius 3 is 2.65 bits per heavy atom. The first-order chi connectivity index (χ1) is 9.54. The van der Waals surface area contributed by atoms with Crippen LogP contribution in [-0.2, 0) is 19.5 Å². The average Bonchev–Trinajstić information content (AvgIpc) is 2.77. The highest BCUT2D eigenvalue weighted by atomic mass is 32.2. The van der Waals surface area contributed by atoms with Gasteiger partial charge in [-0.25, -0.2) is 12.7 Å². The predicted octanol–water partition coefficient (Wildman–Crippen LogP) is 1.49. The first kappa shape index (κ1) is 16.2. The Morgan fingerprint density at radius 1 is 1.35 bits per heavy atom. The van der Waals surface area contributed by atoms with Gasteiger partial charge < -0.3 is 9.47 Å². The summed E-state index contributed by atoms with van der Waals surface area (Å²) in [6.07, 6.45) is 3.54. The Kier molecular flexibility index (Phi) is 5.45. The largest absolute Gasteiger partial charge is 0.384 e. The Labute approximate surface area is 122 Å². The van der Waals surface area contributed by atoms with E-state index in [4.69, 9.17) is 9.47 Å². The molecule has 0 bridgehead atoms. The molecular formula is C14H27NO4S. The molecule has 1 atom stereocenters. The molecule has 5 nitrogen and oxygen atoms in total. The minimum Gasteiger partial charge on any atom is -0.384 e. The van der Waals surface area contributed by atoms with Gasteiger partial charge in [-0.05, 0) is 24.7 Å². The summed E-state index contributed by atoms with van der Waals surface area (Å²) in [6.45, 7) is 5.40. The molecule has 2 saturated heterocycles. The number of methoxy groups -OCH3 is 1. The summed E-state index contributed by atoms with van der Waals surface area (Å²) in [5.74, 6) is 0.572. The third-order valence-electron chi connectivity index (χ3n) is 4.79. The molecule has 0 radical (unpaired) electrons. The maximum absolute atomic E-state index is 12.4. The van der Waals surface area contributed by atoms with Gasteiger partial charge in [-0.15, -0.1) is 0 Å². The molecule has 6 heteroatoms. The third kappa shape index (κ3) is 3.35. The van der Waals surface area contributed by atoms with Crippen molar-refractivity contribution in [3.63, 3.8) is 0 Å². The van der Waals surface area contributed by atoms with Gasteiger partial charge in [0.15, 0.2) is 0 Å². The Morgan fingerprint density at radius 2 is 2.05 bits per heavy atom. The molecule has 1 spiro atoms. The first-order valence-corrected chi connectivity index (χ1v) is 9.19. The van der Waals surface area contributed by atoms with E-state index in [9.17, 15) is 8.42 Å². The minimum atomic E-state index is -3.11. The molecule has 0 amide bonds. The fourth-order valence-electron chi connectivity index (χ4n) is 3.43. The molecule has 1 unspecified atom stereocenters. The SMILES string of the molecule is CCCCS(=O)(=O)N1CC(COC)C2(CCOCC2)C1. The van der Waals surface area contributed by atoms with Crippen LogP contribution in [0.2, 0.25) is 0 Å². The van der Waals surface area contributed by atoms with Crippen LogP contribution in [0.3, 0.4) is 0 Å². The van der Waals surface area contributed by atoms with Crippen LogP contribution in [0.1, 0.15) is 32.6 Å². The summed E-state index contributed by atoms with van der Waals surface area (Å²) in [4.78, 5) is 0. The standard InChI is InChI=1S/C14H27NO4S/c1-3-4-9-20(16,17)15-10-13(11-18-2)14(12-15)5-7-19-8-6-14/h13H,3-12H2,1-2H3. The van der Waals surface area contributed by atoms with E-state index in [1.807, 2.05) is 6.92 Å². The Hall–Kier alpha value is -0.170. The number of nitrogens with zero attached hydrogens (tertiary/aromatic N) is 1. The van der Waals surface area contributed by atoms with E-state index in [0.29, 0.717) is 25.6 Å². The number of sulfonamides is 1. The Balaban J connectivity index is 2.11. The second-order valence-corrected chi connectivity index (χ2v) is 8.18. The lowest BCUT2D eigenvalue weighted by Gasteiger charge is -2.37. The van der Waals surface area contributed by atoms with Gasteiger partial charge in [0.1, 0.15) is 0 Å². The van der Waals surface area contributed by atoms with E-state index in [1.54, 1.807) is 11.4 Å². The molecule has 0 aromatic rings. The van der Waals surface area contributed by atoms with Gasteiger partial charge in [0.2, 0.25) is 10.0 Å². The molecule has 118 valence electrons. The number of hydrogen-bond acceptors (Lipinski definition) is 4. The van der Waals surface area contributed by atoms with Crippen LogP contribution in [0.4, 0.5) is 0 Å². The maximum Gasteiger partial charge on any atom is 0.214 e. The van der Waals surface area contributed by atoms with Crippen molar-refractivity contribution < 1.29 is 17.9 Å². The van der Waals surface area contributed by atoms with Crippen LogP contribution < -0.4 is 0 Å². The lowest BCUT2D eigenvalue weighted by molar-refractivity contribution is -0.0162. The van der Waals surface area contributed by atoms with E-state index in [1.165, 1.54) is 0 Å². The van der Waals surface area contributed by atoms with E-state index >= 15 is 0 Å². The van der Waals surface area contributed by atoms with E-state index in [-0.39, 0.29) is 11.2 Å². The minimum absolute atomic E-state index is 0.0630. The molecule has 0 N–H and O–H groups in total. The van der Waals surface area contributed by atoms with Crippen LogP contribution in [0.15, 0.2) is 0 Å². The van der Waals surface area contributed by atoms with E-state index in [0.717, 1.165) is 38.9 Å². The summed E-state index contributed by atoms with van der Waals surface area (Å²) in [5, 5.41) is 0. The summed E-state index contributed by atoms with van der Waals surface area (Å²) >= 11 is 0. The van der Waals surface area contributed by atoms with Crippen molar-refractivity contribution in [2.24, 2.45) is 11.3 Å². The van der Waals surface area contributed by atoms with Crippen molar-refractivity contribution in [2.75, 3.05) is 45.8 Å². The van der Waals surface area contributed by atoms with Gasteiger partial charge in [0.25, 0.3) is 0 Å². The van der Waals surface area contributed by atoms with Crippen LogP contribution in [0, 0.1) is 11.3 Å². The normalized spacial score (nSPS) is 27.2. The summed E-state index contributed by atoms with van der Waals surface area (Å²) in [7, 11) is -1.42. The second-order valence-electron chi connectivity index (χ2n) is 6.09. The molecule has 0 aromatic heterocycles. The lowest BCUT2D eigenvalue weighted by Crippen LogP contribution is -2.39. The highest BCUT2D eigenvalue weighted by Crippen LogP contribution is 2.45. The first-order valence-electron chi connectivity index (χ1n) is 7.58. The van der Waals surface area contributed by atoms with Gasteiger partial charge in [0.05, 0.1) is 12.4 Å². The zero-order valence-electron chi connectivity index (χ0n) is 12.6. The molecule has 2 heterocycles. The smallest absolute Gasteiger partial charge is 0.214 e. The van der Waals surface area contributed by atoms with Crippen molar-refractivity contribution >= 4 is 10.0 Å². The highest BCUT2D eigenvalue weighted by molar-refractivity contribution is 7.89. The Bertz CT molecular complexity index is 403. The molecule has 0 aliphatic carbocycles. The van der Waals surface area contributed by atoms with Crippen molar-refractivity contribution in [1.29, 1.82) is 0 Å². The zero-order chi connectivity index (χ0) is 14.6. The third-order valence-corrected chi connectivity index (χ3v) is 6.66. The molecule has 2 aliphatic rings. The van der Waals surface area contributed by atoms with E-state index < -0.39 is 10.0 Å². The maximum atomic E-state index is 12.4. The van der Waals surface area contributed by atoms with E-state index in [2.05, 4.69) is 0 Å². The quantitative estimate of drug-likeness (QED) is 0.746. The molecule has 20 heavy (non-hydrogen) atoms. The fourth-order valence-corrected chi connectivity index (χ4v) is 5.20. The summed E-state index contributed by atoms with van der Waals surface area (Å²) < 4.78 is 37.3. The van der Waals surface area contributed by atoms with Gasteiger partial charge in [-0.1, -0.05) is 13.3 Å². The topological polar surface area (TPSA) is 55.8 Å². The van der Waals surface area contributed by atoms with Crippen molar-refractivity contribution in [2.45, 2.75) is 32.6 Å². The number of unbranched alkanes of at least 4 members (excludes halogenated alkanes) is 1. The molecule has 2 aliphatic heterocycles. The molecule has 2 fully saturated rings. The monoisotopic (exact) mass is 305 g/mol. The van der Waals surface area contributed by atoms with Gasteiger partial charge in [0, 0.05) is 39.3 Å². The number of hydrogen-bond donors (Lipinski definition) is 0. The van der Waals surface area contributed by atoms with Gasteiger partial charge in [-0.2, -0.15) is 0 Å². The van der Waals surface area contributed by atoms with Crippen molar-refractivity contribution in [1.82, 2.24) is 4.31 Å². The van der Waals surface area contributed by atoms with Crippen molar-refractivity contribution in [3.8, 4) is 0 Å². The van der Waals surface area contributed by atoms with Gasteiger partial charge in [-0.3, -0.25) is 0 Å². The predicted molar refractivity (Wildman–Crippen MR) is 78.1 cm³/mol. The van der Waals surface area contributed by atoms with Crippen LogP contribution >= 0.6 is 0 Å².